The topological polar surface area (TPSA) is 71.5 Å². The predicted molar refractivity (Wildman–Crippen MR) is 98.8 cm³/mol. The Balaban J connectivity index is 1.73. The number of ether oxygens (including phenoxy) is 1. The number of rotatable bonds is 4. The summed E-state index contributed by atoms with van der Waals surface area (Å²) >= 11 is 1.29. The van der Waals surface area contributed by atoms with Crippen LogP contribution in [0.25, 0.3) is 16.0 Å². The Kier molecular flexibility index (Phi) is 3.85. The van der Waals surface area contributed by atoms with Crippen LogP contribution < -0.4 is 4.74 Å². The molecule has 4 rings (SSSR count). The van der Waals surface area contributed by atoms with Crippen LogP contribution in [0.4, 0.5) is 10.7 Å². The van der Waals surface area contributed by atoms with Crippen molar-refractivity contribution in [3.8, 4) is 11.6 Å². The first kappa shape index (κ1) is 15.6. The maximum Gasteiger partial charge on any atom is 0.237 e. The van der Waals surface area contributed by atoms with Gasteiger partial charge in [-0.2, -0.15) is 0 Å². The Hall–Kier alpha value is -2.93. The summed E-state index contributed by atoms with van der Waals surface area (Å²) in [6.45, 7) is 4.55. The Morgan fingerprint density at radius 2 is 1.96 bits per heavy atom. The van der Waals surface area contributed by atoms with Crippen LogP contribution in [0.5, 0.6) is 11.6 Å². The molecular weight excluding hydrogens is 336 g/mol. The number of aryl methyl sites for hydroxylation is 1. The predicted octanol–water partition coefficient (Wildman–Crippen LogP) is 5.38. The van der Waals surface area contributed by atoms with Crippen molar-refractivity contribution in [1.82, 2.24) is 9.38 Å². The highest BCUT2D eigenvalue weighted by Crippen LogP contribution is 2.40. The van der Waals surface area contributed by atoms with Gasteiger partial charge in [-0.3, -0.25) is 4.40 Å². The van der Waals surface area contributed by atoms with Crippen molar-refractivity contribution in [3.63, 3.8) is 0 Å². The second-order valence-corrected chi connectivity index (χ2v) is 6.54. The number of imidazole rings is 1. The summed E-state index contributed by atoms with van der Waals surface area (Å²) in [4.78, 5) is 5.21. The van der Waals surface area contributed by atoms with Gasteiger partial charge in [0.25, 0.3) is 0 Å². The van der Waals surface area contributed by atoms with Crippen LogP contribution in [0.1, 0.15) is 12.5 Å². The molecule has 1 N–H and O–H groups in total. The maximum absolute atomic E-state index is 10.5. The van der Waals surface area contributed by atoms with Gasteiger partial charge >= 0.3 is 0 Å². The number of fused-ring (bicyclic) bond motifs is 3. The standard InChI is InChI=1S/C18H16N4O2S/c1-3-24-13-8-9-15-14(10-13)19-18-22(15)17(23)16(25-18)21-20-12-6-4-11(2)5-7-12/h4-10,23H,3H2,1-2H3. The van der Waals surface area contributed by atoms with Crippen LogP contribution >= 0.6 is 11.3 Å². The first-order chi connectivity index (χ1) is 12.2. The molecule has 2 heterocycles. The van der Waals surface area contributed by atoms with Gasteiger partial charge in [-0.25, -0.2) is 4.98 Å². The Labute approximate surface area is 148 Å². The molecule has 0 amide bonds. The highest BCUT2D eigenvalue weighted by Gasteiger charge is 2.16. The molecule has 2 aromatic carbocycles. The monoisotopic (exact) mass is 352 g/mol. The zero-order chi connectivity index (χ0) is 17.4. The average molecular weight is 352 g/mol. The first-order valence-electron chi connectivity index (χ1n) is 7.91. The van der Waals surface area contributed by atoms with E-state index in [1.165, 1.54) is 11.3 Å². The van der Waals surface area contributed by atoms with Crippen LogP contribution in [-0.2, 0) is 0 Å². The van der Waals surface area contributed by atoms with E-state index in [0.717, 1.165) is 28.0 Å². The molecule has 0 atom stereocenters. The number of nitrogens with zero attached hydrogens (tertiary/aromatic N) is 4. The molecule has 0 aliphatic heterocycles. The van der Waals surface area contributed by atoms with E-state index in [4.69, 9.17) is 4.74 Å². The van der Waals surface area contributed by atoms with Gasteiger partial charge in [0.2, 0.25) is 10.9 Å². The SMILES string of the molecule is CCOc1ccc2c(c1)nc1sc(N=Nc3ccc(C)cc3)c(O)n12. The van der Waals surface area contributed by atoms with Crippen molar-refractivity contribution >= 4 is 38.0 Å². The first-order valence-corrected chi connectivity index (χ1v) is 8.72. The van der Waals surface area contributed by atoms with Gasteiger partial charge < -0.3 is 9.84 Å². The van der Waals surface area contributed by atoms with Gasteiger partial charge in [0.1, 0.15) is 5.75 Å². The van der Waals surface area contributed by atoms with E-state index in [1.807, 2.05) is 56.3 Å². The van der Waals surface area contributed by atoms with E-state index in [1.54, 1.807) is 4.40 Å². The molecule has 0 radical (unpaired) electrons. The van der Waals surface area contributed by atoms with E-state index in [2.05, 4.69) is 15.2 Å². The molecule has 25 heavy (non-hydrogen) atoms. The van der Waals surface area contributed by atoms with Crippen molar-refractivity contribution in [2.45, 2.75) is 13.8 Å². The lowest BCUT2D eigenvalue weighted by Crippen LogP contribution is -1.90. The molecule has 4 aromatic rings. The second kappa shape index (κ2) is 6.18. The highest BCUT2D eigenvalue weighted by molar-refractivity contribution is 7.21. The Morgan fingerprint density at radius 1 is 1.16 bits per heavy atom. The highest BCUT2D eigenvalue weighted by atomic mass is 32.1. The van der Waals surface area contributed by atoms with Gasteiger partial charge in [0, 0.05) is 6.07 Å². The Morgan fingerprint density at radius 3 is 2.72 bits per heavy atom. The fourth-order valence-corrected chi connectivity index (χ4v) is 3.43. The van der Waals surface area contributed by atoms with E-state index >= 15 is 0 Å². The fraction of sp³-hybridized carbons (Fsp3) is 0.167. The number of hydrogen-bond donors (Lipinski definition) is 1. The molecule has 6 nitrogen and oxygen atoms in total. The summed E-state index contributed by atoms with van der Waals surface area (Å²) < 4.78 is 7.17. The summed E-state index contributed by atoms with van der Waals surface area (Å²) in [5.74, 6) is 0.807. The van der Waals surface area contributed by atoms with Crippen LogP contribution in [0, 0.1) is 6.92 Å². The lowest BCUT2D eigenvalue weighted by molar-refractivity contribution is 0.340. The largest absolute Gasteiger partial charge is 0.494 e. The number of thiazole rings is 1. The second-order valence-electron chi connectivity index (χ2n) is 5.58. The smallest absolute Gasteiger partial charge is 0.237 e. The summed E-state index contributed by atoms with van der Waals surface area (Å²) in [5.41, 5.74) is 3.48. The molecule has 0 aliphatic rings. The molecule has 0 saturated carbocycles. The van der Waals surface area contributed by atoms with E-state index in [-0.39, 0.29) is 5.88 Å². The number of azo groups is 1. The number of aromatic hydroxyl groups is 1. The number of aromatic nitrogens is 2. The van der Waals surface area contributed by atoms with Crippen molar-refractivity contribution in [2.24, 2.45) is 10.2 Å². The molecule has 0 aliphatic carbocycles. The minimum atomic E-state index is 0.0440. The summed E-state index contributed by atoms with van der Waals surface area (Å²) in [7, 11) is 0. The summed E-state index contributed by atoms with van der Waals surface area (Å²) in [6.07, 6.45) is 0. The van der Waals surface area contributed by atoms with Crippen LogP contribution in [0.2, 0.25) is 0 Å². The maximum atomic E-state index is 10.5. The van der Waals surface area contributed by atoms with Crippen molar-refractivity contribution in [2.75, 3.05) is 6.61 Å². The van der Waals surface area contributed by atoms with Gasteiger partial charge in [-0.05, 0) is 38.1 Å². The van der Waals surface area contributed by atoms with E-state index < -0.39 is 0 Å². The van der Waals surface area contributed by atoms with Gasteiger partial charge in [0.15, 0.2) is 4.96 Å². The molecule has 126 valence electrons. The van der Waals surface area contributed by atoms with Crippen LogP contribution in [0.3, 0.4) is 0 Å². The molecule has 0 saturated heterocycles. The average Bonchev–Trinajstić information content (AvgIpc) is 3.11. The molecule has 0 bridgehead atoms. The van der Waals surface area contributed by atoms with Gasteiger partial charge in [0.05, 0.1) is 23.3 Å². The zero-order valence-electron chi connectivity index (χ0n) is 13.8. The lowest BCUT2D eigenvalue weighted by Gasteiger charge is -2.01. The molecular formula is C18H16N4O2S. The minimum absolute atomic E-state index is 0.0440. The molecule has 0 unspecified atom stereocenters. The van der Waals surface area contributed by atoms with Crippen molar-refractivity contribution in [3.05, 3.63) is 48.0 Å². The summed E-state index contributed by atoms with van der Waals surface area (Å²) in [5, 5.41) is 19.3. The molecule has 7 heteroatoms. The van der Waals surface area contributed by atoms with Crippen molar-refractivity contribution < 1.29 is 9.84 Å². The third-order valence-electron chi connectivity index (χ3n) is 3.79. The quantitative estimate of drug-likeness (QED) is 0.501. The fourth-order valence-electron chi connectivity index (χ4n) is 2.58. The van der Waals surface area contributed by atoms with Gasteiger partial charge in [-0.15, -0.1) is 10.2 Å². The van der Waals surface area contributed by atoms with E-state index in [9.17, 15) is 5.11 Å². The lowest BCUT2D eigenvalue weighted by atomic mass is 10.2. The number of hydrogen-bond acceptors (Lipinski definition) is 6. The van der Waals surface area contributed by atoms with E-state index in [0.29, 0.717) is 16.6 Å². The Bertz CT molecular complexity index is 1080. The minimum Gasteiger partial charge on any atom is -0.494 e. The van der Waals surface area contributed by atoms with Crippen molar-refractivity contribution in [1.29, 1.82) is 0 Å². The molecule has 0 spiro atoms. The summed E-state index contributed by atoms with van der Waals surface area (Å²) in [6, 6.07) is 13.3. The molecule has 0 fully saturated rings. The zero-order valence-corrected chi connectivity index (χ0v) is 14.6. The van der Waals surface area contributed by atoms with Crippen LogP contribution in [-0.4, -0.2) is 21.1 Å². The molecule has 2 aromatic heterocycles. The number of benzene rings is 2. The van der Waals surface area contributed by atoms with Crippen LogP contribution in [0.15, 0.2) is 52.7 Å². The third kappa shape index (κ3) is 2.83. The third-order valence-corrected chi connectivity index (χ3v) is 4.70. The van der Waals surface area contributed by atoms with Gasteiger partial charge in [-0.1, -0.05) is 29.0 Å². The normalized spacial score (nSPS) is 11.8.